The van der Waals surface area contributed by atoms with Crippen molar-refractivity contribution in [3.05, 3.63) is 92.1 Å². The third-order valence-electron chi connectivity index (χ3n) is 5.08. The zero-order valence-corrected chi connectivity index (χ0v) is 16.6. The van der Waals surface area contributed by atoms with Gasteiger partial charge in [0.2, 0.25) is 5.95 Å². The maximum absolute atomic E-state index is 12.6. The molecule has 4 aromatic rings. The number of aromatic nitrogens is 4. The summed E-state index contributed by atoms with van der Waals surface area (Å²) in [5.74, 6) is 0.546. The van der Waals surface area contributed by atoms with Gasteiger partial charge in [-0.3, -0.25) is 18.9 Å². The van der Waals surface area contributed by atoms with E-state index in [1.54, 1.807) is 7.05 Å². The monoisotopic (exact) mass is 389 g/mol. The van der Waals surface area contributed by atoms with Crippen molar-refractivity contribution >= 4 is 17.1 Å². The van der Waals surface area contributed by atoms with Gasteiger partial charge in [-0.2, -0.15) is 4.98 Å². The predicted molar refractivity (Wildman–Crippen MR) is 114 cm³/mol. The highest BCUT2D eigenvalue weighted by Gasteiger charge is 2.19. The number of hydrogen-bond acceptors (Lipinski definition) is 4. The van der Waals surface area contributed by atoms with Crippen LogP contribution in [0.1, 0.15) is 29.7 Å². The molecule has 0 amide bonds. The molecular formula is C22H23N5O2. The van der Waals surface area contributed by atoms with Crippen LogP contribution in [0.4, 0.5) is 5.95 Å². The molecule has 1 unspecified atom stereocenters. The lowest BCUT2D eigenvalue weighted by Crippen LogP contribution is -2.29. The molecule has 1 atom stereocenters. The van der Waals surface area contributed by atoms with Crippen LogP contribution in [0.25, 0.3) is 11.2 Å². The number of aromatic amines is 1. The normalized spacial score (nSPS) is 12.2. The van der Waals surface area contributed by atoms with Crippen LogP contribution in [0.15, 0.2) is 64.2 Å². The lowest BCUT2D eigenvalue weighted by molar-refractivity contribution is 0.781. The Balaban J connectivity index is 1.86. The van der Waals surface area contributed by atoms with Crippen molar-refractivity contribution in [3.63, 3.8) is 0 Å². The molecule has 148 valence electrons. The molecule has 0 saturated heterocycles. The Hall–Kier alpha value is -3.61. The Bertz CT molecular complexity index is 1280. The number of fused-ring (bicyclic) bond motifs is 1. The van der Waals surface area contributed by atoms with Crippen LogP contribution in [0.3, 0.4) is 0 Å². The van der Waals surface area contributed by atoms with Gasteiger partial charge in [0, 0.05) is 7.05 Å². The second-order valence-electron chi connectivity index (χ2n) is 7.28. The SMILES string of the molecule is Cc1cccc(Cn2c(NC(C)c3ccccc3)nc3c2c(=O)[nH]c(=O)n3C)c1. The highest BCUT2D eigenvalue weighted by atomic mass is 16.2. The van der Waals surface area contributed by atoms with Crippen LogP contribution in [0, 0.1) is 6.92 Å². The molecule has 2 N–H and O–H groups in total. The van der Waals surface area contributed by atoms with Crippen molar-refractivity contribution < 1.29 is 0 Å². The summed E-state index contributed by atoms with van der Waals surface area (Å²) in [5.41, 5.74) is 3.09. The molecule has 2 aromatic heterocycles. The fourth-order valence-corrected chi connectivity index (χ4v) is 3.51. The number of hydrogen-bond donors (Lipinski definition) is 2. The van der Waals surface area contributed by atoms with Crippen molar-refractivity contribution in [3.8, 4) is 0 Å². The highest BCUT2D eigenvalue weighted by Crippen LogP contribution is 2.23. The molecule has 4 rings (SSSR count). The zero-order valence-electron chi connectivity index (χ0n) is 16.6. The van der Waals surface area contributed by atoms with Crippen molar-refractivity contribution in [1.82, 2.24) is 19.1 Å². The Morgan fingerprint density at radius 2 is 1.86 bits per heavy atom. The molecule has 0 radical (unpaired) electrons. The van der Waals surface area contributed by atoms with Crippen LogP contribution < -0.4 is 16.6 Å². The molecule has 7 heteroatoms. The van der Waals surface area contributed by atoms with Gasteiger partial charge >= 0.3 is 5.69 Å². The first-order chi connectivity index (χ1) is 13.9. The molecule has 29 heavy (non-hydrogen) atoms. The first-order valence-electron chi connectivity index (χ1n) is 9.50. The van der Waals surface area contributed by atoms with E-state index in [0.29, 0.717) is 23.7 Å². The van der Waals surface area contributed by atoms with Crippen molar-refractivity contribution in [2.45, 2.75) is 26.4 Å². The molecular weight excluding hydrogens is 366 g/mol. The van der Waals surface area contributed by atoms with Crippen LogP contribution in [0.2, 0.25) is 0 Å². The molecule has 0 saturated carbocycles. The summed E-state index contributed by atoms with van der Waals surface area (Å²) in [6.07, 6.45) is 0. The van der Waals surface area contributed by atoms with Gasteiger partial charge < -0.3 is 5.32 Å². The fourth-order valence-electron chi connectivity index (χ4n) is 3.51. The number of nitrogens with zero attached hydrogens (tertiary/aromatic N) is 3. The largest absolute Gasteiger partial charge is 0.349 e. The van der Waals surface area contributed by atoms with E-state index < -0.39 is 11.2 Å². The minimum Gasteiger partial charge on any atom is -0.349 e. The predicted octanol–water partition coefficient (Wildman–Crippen LogP) is 2.95. The van der Waals surface area contributed by atoms with Gasteiger partial charge in [-0.05, 0) is 25.0 Å². The molecule has 0 fully saturated rings. The third-order valence-corrected chi connectivity index (χ3v) is 5.08. The summed E-state index contributed by atoms with van der Waals surface area (Å²) in [6, 6.07) is 18.1. The molecule has 0 aliphatic rings. The van der Waals surface area contributed by atoms with E-state index in [4.69, 9.17) is 0 Å². The fraction of sp³-hybridized carbons (Fsp3) is 0.227. The number of aryl methyl sites for hydroxylation is 2. The first-order valence-corrected chi connectivity index (χ1v) is 9.50. The van der Waals surface area contributed by atoms with Crippen molar-refractivity contribution in [2.75, 3.05) is 5.32 Å². The number of anilines is 1. The van der Waals surface area contributed by atoms with Gasteiger partial charge in [0.25, 0.3) is 5.56 Å². The number of nitrogens with one attached hydrogen (secondary N) is 2. The van der Waals surface area contributed by atoms with E-state index >= 15 is 0 Å². The van der Waals surface area contributed by atoms with Crippen LogP contribution in [-0.2, 0) is 13.6 Å². The summed E-state index contributed by atoms with van der Waals surface area (Å²) in [4.78, 5) is 31.7. The Kier molecular flexibility index (Phi) is 4.80. The lowest BCUT2D eigenvalue weighted by Gasteiger charge is -2.16. The van der Waals surface area contributed by atoms with E-state index in [-0.39, 0.29) is 6.04 Å². The van der Waals surface area contributed by atoms with Gasteiger partial charge in [-0.1, -0.05) is 60.2 Å². The Labute approximate surface area is 167 Å². The number of imidazole rings is 1. The molecule has 7 nitrogen and oxygen atoms in total. The van der Waals surface area contributed by atoms with Crippen LogP contribution in [0.5, 0.6) is 0 Å². The van der Waals surface area contributed by atoms with Gasteiger partial charge in [0.15, 0.2) is 11.2 Å². The van der Waals surface area contributed by atoms with Crippen molar-refractivity contribution in [1.29, 1.82) is 0 Å². The molecule has 2 heterocycles. The quantitative estimate of drug-likeness (QED) is 0.550. The Morgan fingerprint density at radius 1 is 1.10 bits per heavy atom. The summed E-state index contributed by atoms with van der Waals surface area (Å²) < 4.78 is 3.20. The summed E-state index contributed by atoms with van der Waals surface area (Å²) >= 11 is 0. The average molecular weight is 389 g/mol. The zero-order chi connectivity index (χ0) is 20.5. The van der Waals surface area contributed by atoms with Gasteiger partial charge in [0.1, 0.15) is 0 Å². The lowest BCUT2D eigenvalue weighted by atomic mass is 10.1. The number of H-pyrrole nitrogens is 1. The molecule has 2 aromatic carbocycles. The van der Waals surface area contributed by atoms with Crippen LogP contribution in [-0.4, -0.2) is 19.1 Å². The maximum atomic E-state index is 12.6. The second-order valence-corrected chi connectivity index (χ2v) is 7.28. The molecule has 0 bridgehead atoms. The average Bonchev–Trinajstić information content (AvgIpc) is 3.05. The minimum atomic E-state index is -0.481. The topological polar surface area (TPSA) is 84.7 Å². The van der Waals surface area contributed by atoms with Crippen LogP contribution >= 0.6 is 0 Å². The Morgan fingerprint density at radius 3 is 2.59 bits per heavy atom. The second kappa shape index (κ2) is 7.43. The summed E-state index contributed by atoms with van der Waals surface area (Å²) in [5, 5.41) is 3.41. The summed E-state index contributed by atoms with van der Waals surface area (Å²) in [6.45, 7) is 4.53. The smallest absolute Gasteiger partial charge is 0.329 e. The van der Waals surface area contributed by atoms with E-state index in [9.17, 15) is 9.59 Å². The van der Waals surface area contributed by atoms with Gasteiger partial charge in [-0.15, -0.1) is 0 Å². The van der Waals surface area contributed by atoms with E-state index in [1.807, 2.05) is 66.9 Å². The standard InChI is InChI=1S/C22H23N5O2/c1-14-8-7-9-16(12-14)13-27-18-19(26(3)22(29)25-20(18)28)24-21(27)23-15(2)17-10-5-4-6-11-17/h4-12,15H,13H2,1-3H3,(H,23,24)(H,25,28,29). The number of rotatable bonds is 5. The minimum absolute atomic E-state index is 0.0274. The highest BCUT2D eigenvalue weighted by molar-refractivity contribution is 5.74. The molecule has 0 spiro atoms. The van der Waals surface area contributed by atoms with Gasteiger partial charge in [0.05, 0.1) is 12.6 Å². The van der Waals surface area contributed by atoms with Gasteiger partial charge in [-0.25, -0.2) is 4.79 Å². The summed E-state index contributed by atoms with van der Waals surface area (Å²) in [7, 11) is 1.61. The molecule has 0 aliphatic heterocycles. The molecule has 0 aliphatic carbocycles. The number of benzene rings is 2. The van der Waals surface area contributed by atoms with E-state index in [0.717, 1.165) is 16.7 Å². The van der Waals surface area contributed by atoms with E-state index in [1.165, 1.54) is 4.57 Å². The third kappa shape index (κ3) is 3.59. The first kappa shape index (κ1) is 18.7. The maximum Gasteiger partial charge on any atom is 0.329 e. The van der Waals surface area contributed by atoms with E-state index in [2.05, 4.69) is 21.4 Å². The van der Waals surface area contributed by atoms with Crippen molar-refractivity contribution in [2.24, 2.45) is 7.05 Å².